The summed E-state index contributed by atoms with van der Waals surface area (Å²) in [6, 6.07) is 46.5. The maximum absolute atomic E-state index is 9.69. The highest BCUT2D eigenvalue weighted by Gasteiger charge is 2.20. The van der Waals surface area contributed by atoms with Crippen LogP contribution in [0.4, 0.5) is 0 Å². The summed E-state index contributed by atoms with van der Waals surface area (Å²) < 4.78 is 11.1. The molecule has 0 spiro atoms. The first-order valence-electron chi connectivity index (χ1n) is 13.7. The van der Waals surface area contributed by atoms with E-state index in [-0.39, 0.29) is 0 Å². The number of aromatic nitrogens is 2. The molecule has 0 amide bonds. The van der Waals surface area contributed by atoms with Gasteiger partial charge in [0.25, 0.3) is 0 Å². The summed E-state index contributed by atoms with van der Waals surface area (Å²) >= 11 is 0. The molecule has 0 atom stereocenters. The zero-order valence-electron chi connectivity index (χ0n) is 21.9. The van der Waals surface area contributed by atoms with Crippen LogP contribution in [0.25, 0.3) is 76.9 Å². The molecule has 0 aliphatic heterocycles. The Balaban J connectivity index is 1.44. The number of hydrogen-bond donors (Lipinski definition) is 0. The third-order valence-electron chi connectivity index (χ3n) is 8.33. The van der Waals surface area contributed by atoms with E-state index in [4.69, 9.17) is 4.42 Å². The molecule has 0 N–H and O–H groups in total. The summed E-state index contributed by atoms with van der Waals surface area (Å²) in [5, 5.41) is 16.6. The Labute approximate surface area is 234 Å². The van der Waals surface area contributed by atoms with Crippen LogP contribution in [-0.2, 0) is 0 Å². The van der Waals surface area contributed by atoms with Gasteiger partial charge in [-0.05, 0) is 60.7 Å². The largest absolute Gasteiger partial charge is 0.454 e. The number of fused-ring (bicyclic) bond motifs is 10. The van der Waals surface area contributed by atoms with Crippen molar-refractivity contribution in [2.75, 3.05) is 0 Å². The van der Waals surface area contributed by atoms with Gasteiger partial charge in [0.1, 0.15) is 5.58 Å². The first-order valence-corrected chi connectivity index (χ1v) is 13.7. The summed E-state index contributed by atoms with van der Waals surface area (Å²) in [4.78, 5) is 0. The van der Waals surface area contributed by atoms with Gasteiger partial charge in [-0.25, -0.2) is 0 Å². The first-order chi connectivity index (χ1) is 20.3. The molecule has 41 heavy (non-hydrogen) atoms. The number of nitrogens with zero attached hydrogens (tertiary/aromatic N) is 3. The highest BCUT2D eigenvalue weighted by Crippen LogP contribution is 2.41. The van der Waals surface area contributed by atoms with Crippen molar-refractivity contribution in [2.24, 2.45) is 0 Å². The highest BCUT2D eigenvalue weighted by atomic mass is 16.3. The molecule has 4 heteroatoms. The Morgan fingerprint density at radius 1 is 0.488 bits per heavy atom. The topological polar surface area (TPSA) is 46.8 Å². The molecule has 4 nitrogen and oxygen atoms in total. The summed E-state index contributed by atoms with van der Waals surface area (Å²) in [6.07, 6.45) is 0. The van der Waals surface area contributed by atoms with Crippen LogP contribution >= 0.6 is 0 Å². The number of benzene rings is 6. The SMILES string of the molecule is N#Cc1cccc(-n2c3ccc(-n4c5ccccc5c5ccccc54)cc3c3ccc4c5ccccc5oc4c32)c1. The van der Waals surface area contributed by atoms with Crippen LogP contribution in [0.1, 0.15) is 5.56 Å². The van der Waals surface area contributed by atoms with Gasteiger partial charge in [0, 0.05) is 43.7 Å². The van der Waals surface area contributed by atoms with Gasteiger partial charge < -0.3 is 13.6 Å². The van der Waals surface area contributed by atoms with E-state index in [2.05, 4.69) is 106 Å². The smallest absolute Gasteiger partial charge is 0.160 e. The highest BCUT2D eigenvalue weighted by molar-refractivity contribution is 6.22. The van der Waals surface area contributed by atoms with E-state index in [1.54, 1.807) is 0 Å². The molecule has 0 aliphatic rings. The third-order valence-corrected chi connectivity index (χ3v) is 8.33. The molecule has 0 radical (unpaired) electrons. The van der Waals surface area contributed by atoms with Gasteiger partial charge in [0.2, 0.25) is 0 Å². The van der Waals surface area contributed by atoms with Crippen LogP contribution in [0.2, 0.25) is 0 Å². The quantitative estimate of drug-likeness (QED) is 0.226. The second-order valence-electron chi connectivity index (χ2n) is 10.5. The van der Waals surface area contributed by atoms with Crippen molar-refractivity contribution >= 4 is 65.6 Å². The fourth-order valence-electron chi connectivity index (χ4n) is 6.59. The van der Waals surface area contributed by atoms with E-state index in [0.717, 1.165) is 55.1 Å². The lowest BCUT2D eigenvalue weighted by Gasteiger charge is -2.10. The summed E-state index contributed by atoms with van der Waals surface area (Å²) in [6.45, 7) is 0. The molecular formula is C37H21N3O. The Morgan fingerprint density at radius 3 is 1.93 bits per heavy atom. The Hall–Kier alpha value is -5.79. The molecule has 9 rings (SSSR count). The molecule has 0 saturated carbocycles. The Morgan fingerprint density at radius 2 is 1.15 bits per heavy atom. The van der Waals surface area contributed by atoms with Crippen molar-refractivity contribution in [3.05, 3.63) is 133 Å². The Bertz CT molecular complexity index is 2500. The maximum atomic E-state index is 9.69. The van der Waals surface area contributed by atoms with Gasteiger partial charge in [0.05, 0.1) is 33.7 Å². The minimum Gasteiger partial charge on any atom is -0.454 e. The average Bonchev–Trinajstić information content (AvgIpc) is 3.68. The fraction of sp³-hybridized carbons (Fsp3) is 0. The average molecular weight is 524 g/mol. The van der Waals surface area contributed by atoms with Crippen molar-refractivity contribution in [2.45, 2.75) is 0 Å². The normalized spacial score (nSPS) is 11.9. The number of rotatable bonds is 2. The lowest BCUT2D eigenvalue weighted by atomic mass is 10.1. The van der Waals surface area contributed by atoms with E-state index in [1.165, 1.54) is 21.8 Å². The number of furan rings is 1. The van der Waals surface area contributed by atoms with Gasteiger partial charge >= 0.3 is 0 Å². The van der Waals surface area contributed by atoms with Crippen molar-refractivity contribution < 1.29 is 4.42 Å². The van der Waals surface area contributed by atoms with E-state index < -0.39 is 0 Å². The number of para-hydroxylation sites is 3. The van der Waals surface area contributed by atoms with E-state index in [9.17, 15) is 5.26 Å². The fourth-order valence-corrected chi connectivity index (χ4v) is 6.59. The van der Waals surface area contributed by atoms with Crippen molar-refractivity contribution in [1.29, 1.82) is 5.26 Å². The van der Waals surface area contributed by atoms with Gasteiger partial charge in [-0.3, -0.25) is 0 Å². The Kier molecular flexibility index (Phi) is 4.37. The maximum Gasteiger partial charge on any atom is 0.160 e. The van der Waals surface area contributed by atoms with Gasteiger partial charge in [-0.1, -0.05) is 66.7 Å². The predicted octanol–water partition coefficient (Wildman–Crippen LogP) is 9.65. The van der Waals surface area contributed by atoms with Crippen LogP contribution < -0.4 is 0 Å². The summed E-state index contributed by atoms with van der Waals surface area (Å²) in [7, 11) is 0. The number of nitriles is 1. The van der Waals surface area contributed by atoms with E-state index in [1.807, 2.05) is 36.4 Å². The molecule has 0 fully saturated rings. The van der Waals surface area contributed by atoms with Gasteiger partial charge in [0.15, 0.2) is 5.58 Å². The molecule has 3 heterocycles. The lowest BCUT2D eigenvalue weighted by molar-refractivity contribution is 0.671. The zero-order chi connectivity index (χ0) is 27.1. The first kappa shape index (κ1) is 22.1. The lowest BCUT2D eigenvalue weighted by Crippen LogP contribution is -1.96. The van der Waals surface area contributed by atoms with Gasteiger partial charge in [-0.2, -0.15) is 5.26 Å². The van der Waals surface area contributed by atoms with Crippen molar-refractivity contribution in [1.82, 2.24) is 9.13 Å². The molecule has 0 unspecified atom stereocenters. The van der Waals surface area contributed by atoms with Crippen LogP contribution in [0.3, 0.4) is 0 Å². The standard InChI is InChI=1S/C37H21N3O/c38-22-23-8-7-9-24(20-23)40-34-19-16-25(39-32-13-4-1-10-26(32)27-11-2-5-14-33(27)39)21-31(34)29-17-18-30-28-12-3-6-15-35(28)41-37(30)36(29)40/h1-21H. The van der Waals surface area contributed by atoms with Gasteiger partial charge in [-0.15, -0.1) is 0 Å². The minimum atomic E-state index is 0.621. The molecule has 0 bridgehead atoms. The van der Waals surface area contributed by atoms with Crippen molar-refractivity contribution in [3.63, 3.8) is 0 Å². The molecule has 3 aromatic heterocycles. The van der Waals surface area contributed by atoms with Crippen LogP contribution in [0, 0.1) is 11.3 Å². The monoisotopic (exact) mass is 523 g/mol. The number of hydrogen-bond acceptors (Lipinski definition) is 2. The molecule has 190 valence electrons. The second-order valence-corrected chi connectivity index (χ2v) is 10.5. The van der Waals surface area contributed by atoms with Crippen molar-refractivity contribution in [3.8, 4) is 17.4 Å². The zero-order valence-corrected chi connectivity index (χ0v) is 21.9. The van der Waals surface area contributed by atoms with E-state index in [0.29, 0.717) is 5.56 Å². The van der Waals surface area contributed by atoms with Crippen LogP contribution in [0.15, 0.2) is 132 Å². The second kappa shape index (κ2) is 8.11. The predicted molar refractivity (Wildman–Crippen MR) is 167 cm³/mol. The van der Waals surface area contributed by atoms with Crippen LogP contribution in [0.5, 0.6) is 0 Å². The third kappa shape index (κ3) is 2.98. The van der Waals surface area contributed by atoms with Crippen LogP contribution in [-0.4, -0.2) is 9.13 Å². The summed E-state index contributed by atoms with van der Waals surface area (Å²) in [5.41, 5.74) is 8.79. The minimum absolute atomic E-state index is 0.621. The molecule has 6 aromatic carbocycles. The molecular weight excluding hydrogens is 502 g/mol. The molecule has 0 saturated heterocycles. The molecule has 0 aliphatic carbocycles. The van der Waals surface area contributed by atoms with E-state index >= 15 is 0 Å². The summed E-state index contributed by atoms with van der Waals surface area (Å²) in [5.74, 6) is 0. The molecule has 9 aromatic rings.